The van der Waals surface area contributed by atoms with Gasteiger partial charge in [0.05, 0.1) is 33.2 Å². The highest BCUT2D eigenvalue weighted by Crippen LogP contribution is 2.40. The summed E-state index contributed by atoms with van der Waals surface area (Å²) in [6, 6.07) is 9.20. The minimum Gasteiger partial charge on any atom is -0.493 e. The smallest absolute Gasteiger partial charge is 0.229 e. The van der Waals surface area contributed by atoms with Crippen LogP contribution in [0, 0.1) is 6.92 Å². The fraction of sp³-hybridized carbons (Fsp3) is 0.211. The Morgan fingerprint density at radius 1 is 0.852 bits per heavy atom. The molecule has 0 atom stereocenters. The van der Waals surface area contributed by atoms with Crippen LogP contribution in [0.5, 0.6) is 17.2 Å². The van der Waals surface area contributed by atoms with Crippen LogP contribution in [0.25, 0.3) is 0 Å². The Balaban J connectivity index is 1.89. The largest absolute Gasteiger partial charge is 0.493 e. The summed E-state index contributed by atoms with van der Waals surface area (Å²) < 4.78 is 16.1. The highest BCUT2D eigenvalue weighted by Gasteiger charge is 2.14. The number of aryl methyl sites for hydroxylation is 1. The number of hydrogen-bond acceptors (Lipinski definition) is 8. The predicted octanol–water partition coefficient (Wildman–Crippen LogP) is 3.69. The maximum Gasteiger partial charge on any atom is 0.229 e. The van der Waals surface area contributed by atoms with Gasteiger partial charge in [-0.2, -0.15) is 4.98 Å². The van der Waals surface area contributed by atoms with Crippen molar-refractivity contribution in [3.63, 3.8) is 0 Å². The number of hydrogen-bond donors (Lipinski definition) is 2. The number of aromatic nitrogens is 3. The second-order valence-electron chi connectivity index (χ2n) is 5.62. The van der Waals surface area contributed by atoms with Gasteiger partial charge in [-0.25, -0.2) is 4.98 Å². The summed E-state index contributed by atoms with van der Waals surface area (Å²) >= 11 is 0. The molecule has 0 bridgehead atoms. The van der Waals surface area contributed by atoms with E-state index in [1.807, 2.05) is 37.3 Å². The summed E-state index contributed by atoms with van der Waals surface area (Å²) in [5.41, 5.74) is 2.36. The van der Waals surface area contributed by atoms with Gasteiger partial charge >= 0.3 is 0 Å². The normalized spacial score (nSPS) is 10.2. The average molecular weight is 367 g/mol. The Bertz CT molecular complexity index is 893. The van der Waals surface area contributed by atoms with Gasteiger partial charge in [0.25, 0.3) is 0 Å². The number of pyridine rings is 1. The van der Waals surface area contributed by atoms with Crippen molar-refractivity contribution in [1.29, 1.82) is 0 Å². The van der Waals surface area contributed by atoms with Crippen molar-refractivity contribution < 1.29 is 14.2 Å². The Kier molecular flexibility index (Phi) is 5.55. The maximum absolute atomic E-state index is 5.39. The van der Waals surface area contributed by atoms with E-state index in [0.717, 1.165) is 17.1 Å². The summed E-state index contributed by atoms with van der Waals surface area (Å²) in [6.45, 7) is 1.90. The van der Waals surface area contributed by atoms with Crippen molar-refractivity contribution in [3.8, 4) is 17.2 Å². The molecule has 0 amide bonds. The SMILES string of the molecule is COc1cc(Nc2cc(C)nc(Nc3cccnc3)n2)cc(OC)c1OC. The first-order valence-corrected chi connectivity index (χ1v) is 8.22. The molecule has 2 heterocycles. The van der Waals surface area contributed by atoms with Crippen LogP contribution in [-0.4, -0.2) is 36.3 Å². The van der Waals surface area contributed by atoms with Crippen molar-refractivity contribution in [2.24, 2.45) is 0 Å². The zero-order chi connectivity index (χ0) is 19.2. The van der Waals surface area contributed by atoms with Gasteiger partial charge in [0.2, 0.25) is 11.7 Å². The number of rotatable bonds is 7. The molecule has 0 radical (unpaired) electrons. The van der Waals surface area contributed by atoms with Crippen molar-refractivity contribution in [1.82, 2.24) is 15.0 Å². The molecule has 0 aliphatic heterocycles. The lowest BCUT2D eigenvalue weighted by atomic mass is 10.2. The second-order valence-corrected chi connectivity index (χ2v) is 5.62. The summed E-state index contributed by atoms with van der Waals surface area (Å²) in [5.74, 6) is 2.74. The van der Waals surface area contributed by atoms with Crippen LogP contribution >= 0.6 is 0 Å². The third-order valence-corrected chi connectivity index (χ3v) is 3.71. The Morgan fingerprint density at radius 2 is 1.59 bits per heavy atom. The molecule has 8 nitrogen and oxygen atoms in total. The number of benzene rings is 1. The standard InChI is InChI=1S/C19H21N5O3/c1-12-8-17(24-19(21-12)23-13-6-5-7-20-11-13)22-14-9-15(25-2)18(27-4)16(10-14)26-3/h5-11H,1-4H3,(H2,21,22,23,24). The molecule has 0 saturated carbocycles. The van der Waals surface area contributed by atoms with Crippen LogP contribution in [-0.2, 0) is 0 Å². The van der Waals surface area contributed by atoms with E-state index < -0.39 is 0 Å². The second kappa shape index (κ2) is 8.22. The first-order valence-electron chi connectivity index (χ1n) is 8.22. The molecule has 0 aliphatic rings. The van der Waals surface area contributed by atoms with Crippen LogP contribution in [0.3, 0.4) is 0 Å². The van der Waals surface area contributed by atoms with Crippen LogP contribution in [0.2, 0.25) is 0 Å². The topological polar surface area (TPSA) is 90.4 Å². The van der Waals surface area contributed by atoms with Crippen LogP contribution < -0.4 is 24.8 Å². The molecule has 0 spiro atoms. The fourth-order valence-electron chi connectivity index (χ4n) is 2.56. The quantitative estimate of drug-likeness (QED) is 0.653. The first-order chi connectivity index (χ1) is 13.1. The van der Waals surface area contributed by atoms with Gasteiger partial charge in [0.15, 0.2) is 11.5 Å². The first kappa shape index (κ1) is 18.2. The molecule has 3 aromatic rings. The van der Waals surface area contributed by atoms with E-state index in [1.165, 1.54) is 0 Å². The minimum absolute atomic E-state index is 0.470. The number of ether oxygens (including phenoxy) is 3. The molecule has 27 heavy (non-hydrogen) atoms. The maximum atomic E-state index is 5.39. The molecule has 0 fully saturated rings. The molecule has 140 valence electrons. The molecular weight excluding hydrogens is 346 g/mol. The van der Waals surface area contributed by atoms with Gasteiger partial charge in [-0.1, -0.05) is 0 Å². The average Bonchev–Trinajstić information content (AvgIpc) is 2.67. The Hall–Kier alpha value is -3.55. The third-order valence-electron chi connectivity index (χ3n) is 3.71. The molecule has 0 unspecified atom stereocenters. The van der Waals surface area contributed by atoms with Crippen molar-refractivity contribution in [3.05, 3.63) is 48.4 Å². The molecule has 0 aliphatic carbocycles. The molecule has 3 rings (SSSR count). The number of nitrogens with zero attached hydrogens (tertiary/aromatic N) is 3. The summed E-state index contributed by atoms with van der Waals surface area (Å²) in [4.78, 5) is 13.0. The lowest BCUT2D eigenvalue weighted by molar-refractivity contribution is 0.324. The number of nitrogens with one attached hydrogen (secondary N) is 2. The van der Waals surface area contributed by atoms with Crippen LogP contribution in [0.1, 0.15) is 5.69 Å². The van der Waals surface area contributed by atoms with E-state index in [2.05, 4.69) is 25.6 Å². The van der Waals surface area contributed by atoms with Crippen molar-refractivity contribution in [2.45, 2.75) is 6.92 Å². The predicted molar refractivity (Wildman–Crippen MR) is 104 cm³/mol. The van der Waals surface area contributed by atoms with Gasteiger partial charge in [-0.15, -0.1) is 0 Å². The van der Waals surface area contributed by atoms with E-state index in [9.17, 15) is 0 Å². The zero-order valence-corrected chi connectivity index (χ0v) is 15.6. The van der Waals surface area contributed by atoms with Crippen molar-refractivity contribution in [2.75, 3.05) is 32.0 Å². The van der Waals surface area contributed by atoms with Crippen LogP contribution in [0.4, 0.5) is 23.1 Å². The van der Waals surface area contributed by atoms with Gasteiger partial charge in [0.1, 0.15) is 5.82 Å². The van der Waals surface area contributed by atoms with E-state index in [0.29, 0.717) is 29.0 Å². The molecular formula is C19H21N5O3. The van der Waals surface area contributed by atoms with Gasteiger partial charge in [-0.3, -0.25) is 4.98 Å². The monoisotopic (exact) mass is 367 g/mol. The number of methoxy groups -OCH3 is 3. The molecule has 0 saturated heterocycles. The van der Waals surface area contributed by atoms with E-state index in [4.69, 9.17) is 14.2 Å². The summed E-state index contributed by atoms with van der Waals surface area (Å²) in [7, 11) is 4.72. The summed E-state index contributed by atoms with van der Waals surface area (Å²) in [6.07, 6.45) is 3.41. The van der Waals surface area contributed by atoms with E-state index >= 15 is 0 Å². The van der Waals surface area contributed by atoms with Gasteiger partial charge in [0, 0.05) is 35.8 Å². The number of anilines is 4. The highest BCUT2D eigenvalue weighted by atomic mass is 16.5. The van der Waals surface area contributed by atoms with E-state index in [-0.39, 0.29) is 0 Å². The Labute approximate surface area is 157 Å². The fourth-order valence-corrected chi connectivity index (χ4v) is 2.56. The van der Waals surface area contributed by atoms with Crippen LogP contribution in [0.15, 0.2) is 42.7 Å². The van der Waals surface area contributed by atoms with Gasteiger partial charge < -0.3 is 24.8 Å². The summed E-state index contributed by atoms with van der Waals surface area (Å²) in [5, 5.41) is 6.39. The Morgan fingerprint density at radius 3 is 2.19 bits per heavy atom. The van der Waals surface area contributed by atoms with Crippen molar-refractivity contribution >= 4 is 23.1 Å². The lowest BCUT2D eigenvalue weighted by Gasteiger charge is -2.15. The zero-order valence-electron chi connectivity index (χ0n) is 15.6. The lowest BCUT2D eigenvalue weighted by Crippen LogP contribution is -2.03. The van der Waals surface area contributed by atoms with E-state index in [1.54, 1.807) is 33.7 Å². The molecule has 2 aromatic heterocycles. The van der Waals surface area contributed by atoms with Gasteiger partial charge in [-0.05, 0) is 19.1 Å². The highest BCUT2D eigenvalue weighted by molar-refractivity contribution is 5.67. The molecule has 2 N–H and O–H groups in total. The molecule has 8 heteroatoms. The molecule has 1 aromatic carbocycles. The minimum atomic E-state index is 0.470. The third kappa shape index (κ3) is 4.35.